The first-order valence-electron chi connectivity index (χ1n) is 5.30. The Morgan fingerprint density at radius 1 is 1.59 bits per heavy atom. The molecule has 1 aliphatic heterocycles. The topological polar surface area (TPSA) is 57.0 Å². The van der Waals surface area contributed by atoms with Crippen molar-refractivity contribution in [2.75, 3.05) is 11.4 Å². The largest absolute Gasteiger partial charge is 0.296 e. The second kappa shape index (κ2) is 4.27. The first kappa shape index (κ1) is 11.2. The predicted octanol–water partition coefficient (Wildman–Crippen LogP) is 1.25. The number of nitrogens with zero attached hydrogens (tertiary/aromatic N) is 3. The Balaban J connectivity index is 2.31. The van der Waals surface area contributed by atoms with Crippen molar-refractivity contribution in [2.24, 2.45) is 5.92 Å². The molecule has 17 heavy (non-hydrogen) atoms. The van der Waals surface area contributed by atoms with E-state index in [-0.39, 0.29) is 11.8 Å². The molecule has 0 aromatic carbocycles. The highest BCUT2D eigenvalue weighted by molar-refractivity contribution is 5.95. The quantitative estimate of drug-likeness (QED) is 0.676. The minimum absolute atomic E-state index is 0.00967. The van der Waals surface area contributed by atoms with E-state index < -0.39 is 0 Å². The van der Waals surface area contributed by atoms with Gasteiger partial charge in [-0.15, -0.1) is 12.3 Å². The monoisotopic (exact) mass is 225 g/mol. The minimum Gasteiger partial charge on any atom is -0.296 e. The van der Waals surface area contributed by atoms with E-state index >= 15 is 0 Å². The smallest absolute Gasteiger partial charge is 0.229 e. The molecule has 1 fully saturated rings. The summed E-state index contributed by atoms with van der Waals surface area (Å²) >= 11 is 0. The molecule has 4 heteroatoms. The molecule has 0 saturated carbocycles. The highest BCUT2D eigenvalue weighted by Gasteiger charge is 2.30. The lowest BCUT2D eigenvalue weighted by Crippen LogP contribution is -2.25. The lowest BCUT2D eigenvalue weighted by Gasteiger charge is -2.15. The number of terminal acetylenes is 1. The molecule has 0 N–H and O–H groups in total. The fraction of sp³-hybridized carbons (Fsp3) is 0.308. The maximum atomic E-state index is 11.7. The van der Waals surface area contributed by atoms with Crippen molar-refractivity contribution in [3.05, 3.63) is 23.4 Å². The molecule has 2 rings (SSSR count). The van der Waals surface area contributed by atoms with E-state index in [1.807, 2.05) is 6.07 Å². The summed E-state index contributed by atoms with van der Waals surface area (Å²) in [7, 11) is 0. The summed E-state index contributed by atoms with van der Waals surface area (Å²) in [5, 5.41) is 8.81. The van der Waals surface area contributed by atoms with Gasteiger partial charge in [-0.05, 0) is 19.1 Å². The number of aromatic nitrogens is 1. The average molecular weight is 225 g/mol. The maximum absolute atomic E-state index is 11.7. The summed E-state index contributed by atoms with van der Waals surface area (Å²) in [5.41, 5.74) is 1.15. The molecule has 1 aromatic rings. The molecule has 84 valence electrons. The van der Waals surface area contributed by atoms with Crippen molar-refractivity contribution in [1.29, 1.82) is 5.26 Å². The molecule has 1 saturated heterocycles. The summed E-state index contributed by atoms with van der Waals surface area (Å²) < 4.78 is 0. The third-order valence-corrected chi connectivity index (χ3v) is 2.83. The lowest BCUT2D eigenvalue weighted by molar-refractivity contribution is -0.117. The van der Waals surface area contributed by atoms with Crippen LogP contribution in [0.15, 0.2) is 12.1 Å². The number of carbonyl (C=O) groups is 1. The zero-order chi connectivity index (χ0) is 12.4. The molecule has 1 unspecified atom stereocenters. The molecule has 0 aliphatic carbocycles. The molecule has 2 heterocycles. The van der Waals surface area contributed by atoms with Crippen molar-refractivity contribution in [3.63, 3.8) is 0 Å². The number of rotatable bonds is 1. The van der Waals surface area contributed by atoms with Crippen LogP contribution in [0.25, 0.3) is 0 Å². The normalized spacial score (nSPS) is 18.9. The summed E-state index contributed by atoms with van der Waals surface area (Å²) in [6, 6.07) is 5.40. The van der Waals surface area contributed by atoms with E-state index in [1.54, 1.807) is 24.0 Å². The first-order valence-corrected chi connectivity index (χ1v) is 5.30. The molecule has 1 atom stereocenters. The summed E-state index contributed by atoms with van der Waals surface area (Å²) in [6.45, 7) is 2.26. The van der Waals surface area contributed by atoms with Gasteiger partial charge in [-0.2, -0.15) is 5.26 Å². The highest BCUT2D eigenvalue weighted by atomic mass is 16.2. The van der Waals surface area contributed by atoms with Gasteiger partial charge < -0.3 is 0 Å². The number of anilines is 1. The van der Waals surface area contributed by atoms with Crippen molar-refractivity contribution in [3.8, 4) is 18.4 Å². The number of pyridine rings is 1. The van der Waals surface area contributed by atoms with Gasteiger partial charge in [-0.3, -0.25) is 9.69 Å². The lowest BCUT2D eigenvalue weighted by atomic mass is 10.1. The van der Waals surface area contributed by atoms with Gasteiger partial charge in [0.2, 0.25) is 5.91 Å². The number of nitriles is 1. The molecular formula is C13H11N3O. The second-order valence-electron chi connectivity index (χ2n) is 3.99. The standard InChI is InChI=1S/C13H11N3O/c1-3-10-6-13(17)16(8-10)12-5-4-11(7-14)9(2)15-12/h1,4-5,10H,6,8H2,2H3. The zero-order valence-electron chi connectivity index (χ0n) is 9.47. The van der Waals surface area contributed by atoms with Crippen LogP contribution in [0.5, 0.6) is 0 Å². The van der Waals surface area contributed by atoms with Gasteiger partial charge in [0.1, 0.15) is 11.9 Å². The molecule has 4 nitrogen and oxygen atoms in total. The van der Waals surface area contributed by atoms with Crippen LogP contribution in [0.1, 0.15) is 17.7 Å². The van der Waals surface area contributed by atoms with E-state index in [0.29, 0.717) is 30.0 Å². The minimum atomic E-state index is -0.0414. The van der Waals surface area contributed by atoms with Gasteiger partial charge in [0.15, 0.2) is 0 Å². The average Bonchev–Trinajstić information content (AvgIpc) is 2.70. The Bertz CT molecular complexity index is 551. The summed E-state index contributed by atoms with van der Waals surface area (Å²) in [6.07, 6.45) is 5.69. The van der Waals surface area contributed by atoms with Crippen LogP contribution < -0.4 is 4.90 Å². The van der Waals surface area contributed by atoms with Crippen molar-refractivity contribution < 1.29 is 4.79 Å². The van der Waals surface area contributed by atoms with Crippen molar-refractivity contribution in [2.45, 2.75) is 13.3 Å². The van der Waals surface area contributed by atoms with Gasteiger partial charge in [0.05, 0.1) is 11.3 Å². The predicted molar refractivity (Wildman–Crippen MR) is 63.0 cm³/mol. The number of amides is 1. The Kier molecular flexibility index (Phi) is 2.80. The van der Waals surface area contributed by atoms with E-state index in [4.69, 9.17) is 11.7 Å². The number of aryl methyl sites for hydroxylation is 1. The molecule has 0 radical (unpaired) electrons. The number of hydrogen-bond acceptors (Lipinski definition) is 3. The Morgan fingerprint density at radius 2 is 2.35 bits per heavy atom. The molecule has 1 aliphatic rings. The fourth-order valence-corrected chi connectivity index (χ4v) is 1.86. The molecule has 1 aromatic heterocycles. The summed E-state index contributed by atoms with van der Waals surface area (Å²) in [5.74, 6) is 3.11. The van der Waals surface area contributed by atoms with Crippen molar-refractivity contribution >= 4 is 11.7 Å². The van der Waals surface area contributed by atoms with Gasteiger partial charge in [-0.1, -0.05) is 0 Å². The van der Waals surface area contributed by atoms with Crippen LogP contribution in [0.2, 0.25) is 0 Å². The first-order chi connectivity index (χ1) is 8.15. The number of carbonyl (C=O) groups excluding carboxylic acids is 1. The van der Waals surface area contributed by atoms with Crippen LogP contribution in [0.4, 0.5) is 5.82 Å². The second-order valence-corrected chi connectivity index (χ2v) is 3.99. The van der Waals surface area contributed by atoms with E-state index in [0.717, 1.165) is 0 Å². The van der Waals surface area contributed by atoms with E-state index in [1.165, 1.54) is 0 Å². The van der Waals surface area contributed by atoms with Gasteiger partial charge >= 0.3 is 0 Å². The Labute approximate surface area is 99.9 Å². The van der Waals surface area contributed by atoms with Crippen LogP contribution in [-0.2, 0) is 4.79 Å². The SMILES string of the molecule is C#CC1CC(=O)N(c2ccc(C#N)c(C)n2)C1. The molecule has 0 bridgehead atoms. The third kappa shape index (κ3) is 1.98. The fourth-order valence-electron chi connectivity index (χ4n) is 1.86. The molecular weight excluding hydrogens is 214 g/mol. The van der Waals surface area contributed by atoms with Gasteiger partial charge in [0, 0.05) is 18.9 Å². The molecule has 0 spiro atoms. The van der Waals surface area contributed by atoms with Crippen LogP contribution in [0, 0.1) is 36.5 Å². The van der Waals surface area contributed by atoms with Crippen LogP contribution in [0.3, 0.4) is 0 Å². The van der Waals surface area contributed by atoms with E-state index in [2.05, 4.69) is 10.9 Å². The van der Waals surface area contributed by atoms with Gasteiger partial charge in [0.25, 0.3) is 0 Å². The van der Waals surface area contributed by atoms with Gasteiger partial charge in [-0.25, -0.2) is 4.98 Å². The maximum Gasteiger partial charge on any atom is 0.229 e. The molecule has 1 amide bonds. The Hall–Kier alpha value is -2.33. The summed E-state index contributed by atoms with van der Waals surface area (Å²) in [4.78, 5) is 17.6. The Morgan fingerprint density at radius 3 is 2.88 bits per heavy atom. The van der Waals surface area contributed by atoms with Crippen LogP contribution in [-0.4, -0.2) is 17.4 Å². The van der Waals surface area contributed by atoms with Crippen molar-refractivity contribution in [1.82, 2.24) is 4.98 Å². The van der Waals surface area contributed by atoms with E-state index in [9.17, 15) is 4.79 Å². The van der Waals surface area contributed by atoms with Crippen LogP contribution >= 0.6 is 0 Å². The highest BCUT2D eigenvalue weighted by Crippen LogP contribution is 2.23. The third-order valence-electron chi connectivity index (χ3n) is 2.83. The zero-order valence-corrected chi connectivity index (χ0v) is 9.47. The number of hydrogen-bond donors (Lipinski definition) is 0.